The van der Waals surface area contributed by atoms with Gasteiger partial charge in [0, 0.05) is 6.20 Å². The molecule has 12 heavy (non-hydrogen) atoms. The van der Waals surface area contributed by atoms with Crippen molar-refractivity contribution in [2.45, 2.75) is 0 Å². The monoisotopic (exact) mass is 164 g/mol. The first-order valence-corrected chi connectivity index (χ1v) is 3.72. The number of aromatic nitrogens is 1. The normalized spacial score (nSPS) is 16.3. The van der Waals surface area contributed by atoms with Crippen molar-refractivity contribution < 1.29 is 9.53 Å². The minimum Gasteiger partial charge on any atom is -0.447 e. The minimum atomic E-state index is -0.289. The average molecular weight is 164 g/mol. The van der Waals surface area contributed by atoms with E-state index in [2.05, 4.69) is 4.98 Å². The largest absolute Gasteiger partial charge is 0.447 e. The molecule has 0 aliphatic carbocycles. The molecule has 4 heteroatoms. The topological polar surface area (TPSA) is 42.4 Å². The molecule has 0 unspecified atom stereocenters. The van der Waals surface area contributed by atoms with Crippen molar-refractivity contribution in [1.29, 1.82) is 0 Å². The van der Waals surface area contributed by atoms with Gasteiger partial charge in [-0.3, -0.25) is 9.88 Å². The van der Waals surface area contributed by atoms with Gasteiger partial charge in [0.05, 0.1) is 18.4 Å². The van der Waals surface area contributed by atoms with E-state index in [0.29, 0.717) is 13.2 Å². The van der Waals surface area contributed by atoms with E-state index < -0.39 is 0 Å². The third-order valence-electron chi connectivity index (χ3n) is 1.72. The maximum atomic E-state index is 11.1. The molecule has 1 amide bonds. The summed E-state index contributed by atoms with van der Waals surface area (Å²) in [6.45, 7) is 1.08. The molecule has 0 atom stereocenters. The first kappa shape index (κ1) is 7.09. The first-order valence-electron chi connectivity index (χ1n) is 3.72. The lowest BCUT2D eigenvalue weighted by molar-refractivity contribution is 0.181. The van der Waals surface area contributed by atoms with E-state index in [0.717, 1.165) is 5.69 Å². The summed E-state index contributed by atoms with van der Waals surface area (Å²) in [5.74, 6) is 0. The van der Waals surface area contributed by atoms with Crippen LogP contribution in [0.4, 0.5) is 10.5 Å². The summed E-state index contributed by atoms with van der Waals surface area (Å²) < 4.78 is 4.78. The van der Waals surface area contributed by atoms with Crippen LogP contribution in [-0.4, -0.2) is 24.2 Å². The molecule has 4 nitrogen and oxygen atoms in total. The Labute approximate surface area is 69.8 Å². The van der Waals surface area contributed by atoms with Crippen LogP contribution >= 0.6 is 0 Å². The van der Waals surface area contributed by atoms with Gasteiger partial charge in [0.2, 0.25) is 0 Å². The van der Waals surface area contributed by atoms with E-state index in [-0.39, 0.29) is 6.09 Å². The molecule has 0 bridgehead atoms. The van der Waals surface area contributed by atoms with Gasteiger partial charge in [-0.05, 0) is 12.1 Å². The lowest BCUT2D eigenvalue weighted by Crippen LogP contribution is -2.23. The number of pyridine rings is 1. The Kier molecular flexibility index (Phi) is 1.66. The number of hydrogen-bond donors (Lipinski definition) is 0. The average Bonchev–Trinajstić information content (AvgIpc) is 2.53. The maximum Gasteiger partial charge on any atom is 0.414 e. The highest BCUT2D eigenvalue weighted by Gasteiger charge is 2.23. The third-order valence-corrected chi connectivity index (χ3v) is 1.72. The second-order valence-corrected chi connectivity index (χ2v) is 2.48. The van der Waals surface area contributed by atoms with Crippen molar-refractivity contribution in [3.05, 3.63) is 24.5 Å². The molecule has 0 spiro atoms. The summed E-state index contributed by atoms with van der Waals surface area (Å²) in [6.07, 6.45) is 3.03. The molecule has 0 radical (unpaired) electrons. The molecule has 1 aromatic rings. The number of amides is 1. The second-order valence-electron chi connectivity index (χ2n) is 2.48. The molecule has 1 fully saturated rings. The van der Waals surface area contributed by atoms with Crippen LogP contribution in [0.15, 0.2) is 24.5 Å². The highest BCUT2D eigenvalue weighted by molar-refractivity contribution is 5.88. The van der Waals surface area contributed by atoms with Crippen LogP contribution in [0.2, 0.25) is 0 Å². The lowest BCUT2D eigenvalue weighted by Gasteiger charge is -2.10. The van der Waals surface area contributed by atoms with Gasteiger partial charge in [0.25, 0.3) is 0 Å². The van der Waals surface area contributed by atoms with Crippen LogP contribution in [0.25, 0.3) is 0 Å². The molecule has 62 valence electrons. The molecule has 0 aromatic carbocycles. The molecule has 1 saturated heterocycles. The Morgan fingerprint density at radius 3 is 3.08 bits per heavy atom. The SMILES string of the molecule is O=C1OCCN1c1cccnc1. The van der Waals surface area contributed by atoms with Gasteiger partial charge in [-0.25, -0.2) is 4.79 Å². The molecule has 2 heterocycles. The van der Waals surface area contributed by atoms with E-state index in [1.807, 2.05) is 6.07 Å². The molecule has 0 saturated carbocycles. The van der Waals surface area contributed by atoms with Gasteiger partial charge in [-0.15, -0.1) is 0 Å². The van der Waals surface area contributed by atoms with Gasteiger partial charge in [-0.1, -0.05) is 0 Å². The van der Waals surface area contributed by atoms with Crippen LogP contribution in [0.5, 0.6) is 0 Å². The number of carbonyl (C=O) groups excluding carboxylic acids is 1. The Morgan fingerprint density at radius 1 is 1.58 bits per heavy atom. The van der Waals surface area contributed by atoms with Crippen molar-refractivity contribution in [1.82, 2.24) is 4.98 Å². The molecule has 1 aliphatic heterocycles. The fourth-order valence-corrected chi connectivity index (χ4v) is 1.14. The standard InChI is InChI=1S/C8H8N2O2/c11-8-10(4-5-12-8)7-2-1-3-9-6-7/h1-3,6H,4-5H2. The molecule has 1 aromatic heterocycles. The Bertz CT molecular complexity index is 286. The fraction of sp³-hybridized carbons (Fsp3) is 0.250. The summed E-state index contributed by atoms with van der Waals surface area (Å²) in [5, 5.41) is 0. The van der Waals surface area contributed by atoms with Gasteiger partial charge >= 0.3 is 6.09 Å². The van der Waals surface area contributed by atoms with E-state index >= 15 is 0 Å². The van der Waals surface area contributed by atoms with Crippen molar-refractivity contribution in [2.24, 2.45) is 0 Å². The zero-order valence-electron chi connectivity index (χ0n) is 6.43. The minimum absolute atomic E-state index is 0.289. The Morgan fingerprint density at radius 2 is 2.50 bits per heavy atom. The van der Waals surface area contributed by atoms with Crippen molar-refractivity contribution in [3.63, 3.8) is 0 Å². The number of nitrogens with zero attached hydrogens (tertiary/aromatic N) is 2. The van der Waals surface area contributed by atoms with Gasteiger partial charge in [0.1, 0.15) is 6.61 Å². The number of anilines is 1. The van der Waals surface area contributed by atoms with E-state index in [1.165, 1.54) is 0 Å². The van der Waals surface area contributed by atoms with Crippen molar-refractivity contribution in [2.75, 3.05) is 18.1 Å². The zero-order valence-corrected chi connectivity index (χ0v) is 6.43. The highest BCUT2D eigenvalue weighted by Crippen LogP contribution is 2.15. The van der Waals surface area contributed by atoms with E-state index in [1.54, 1.807) is 23.4 Å². The number of hydrogen-bond acceptors (Lipinski definition) is 3. The quantitative estimate of drug-likeness (QED) is 0.622. The van der Waals surface area contributed by atoms with Crippen molar-refractivity contribution in [3.8, 4) is 0 Å². The molecular formula is C8H8N2O2. The highest BCUT2D eigenvalue weighted by atomic mass is 16.6. The summed E-state index contributed by atoms with van der Waals surface area (Å²) in [6, 6.07) is 3.63. The fourth-order valence-electron chi connectivity index (χ4n) is 1.14. The first-order chi connectivity index (χ1) is 5.88. The molecule has 0 N–H and O–H groups in total. The van der Waals surface area contributed by atoms with E-state index in [4.69, 9.17) is 4.74 Å². The third kappa shape index (κ3) is 1.11. The summed E-state index contributed by atoms with van der Waals surface area (Å²) in [7, 11) is 0. The van der Waals surface area contributed by atoms with Crippen LogP contribution in [-0.2, 0) is 4.74 Å². The second kappa shape index (κ2) is 2.81. The number of ether oxygens (including phenoxy) is 1. The summed E-state index contributed by atoms with van der Waals surface area (Å²) in [5.41, 5.74) is 0.792. The van der Waals surface area contributed by atoms with Gasteiger partial charge < -0.3 is 4.74 Å². The zero-order chi connectivity index (χ0) is 8.39. The lowest BCUT2D eigenvalue weighted by atomic mass is 10.4. The predicted octanol–water partition coefficient (Wildman–Crippen LogP) is 1.04. The smallest absolute Gasteiger partial charge is 0.414 e. The summed E-state index contributed by atoms with van der Waals surface area (Å²) in [4.78, 5) is 16.5. The number of cyclic esters (lactones) is 1. The van der Waals surface area contributed by atoms with E-state index in [9.17, 15) is 4.79 Å². The maximum absolute atomic E-state index is 11.1. The molecular weight excluding hydrogens is 156 g/mol. The summed E-state index contributed by atoms with van der Waals surface area (Å²) >= 11 is 0. The van der Waals surface area contributed by atoms with Gasteiger partial charge in [-0.2, -0.15) is 0 Å². The van der Waals surface area contributed by atoms with Crippen LogP contribution in [0, 0.1) is 0 Å². The molecule has 1 aliphatic rings. The molecule has 2 rings (SSSR count). The number of carbonyl (C=O) groups is 1. The Hall–Kier alpha value is -1.58. The number of rotatable bonds is 1. The van der Waals surface area contributed by atoms with Crippen LogP contribution < -0.4 is 4.90 Å². The van der Waals surface area contributed by atoms with Crippen molar-refractivity contribution >= 4 is 11.8 Å². The van der Waals surface area contributed by atoms with Crippen LogP contribution in [0.3, 0.4) is 0 Å². The van der Waals surface area contributed by atoms with Gasteiger partial charge in [0.15, 0.2) is 0 Å². The van der Waals surface area contributed by atoms with Crippen LogP contribution in [0.1, 0.15) is 0 Å². The Balaban J connectivity index is 2.25. The predicted molar refractivity (Wildman–Crippen MR) is 42.9 cm³/mol.